The SMILES string of the molecule is C[C@]12CCC(=O)C=C1CC[C@H]1[C@@H]3C[C@@H](O)C(=O)[C@@]3(C)CC(=O)[C@@]12F. The van der Waals surface area contributed by atoms with Gasteiger partial charge in [0.25, 0.3) is 0 Å². The van der Waals surface area contributed by atoms with E-state index < -0.39 is 34.3 Å². The van der Waals surface area contributed by atoms with Crippen LogP contribution in [0.5, 0.6) is 0 Å². The largest absolute Gasteiger partial charge is 0.385 e. The Balaban J connectivity index is 1.84. The Morgan fingerprint density at radius 3 is 2.58 bits per heavy atom. The van der Waals surface area contributed by atoms with Crippen LogP contribution in [0, 0.1) is 22.7 Å². The number of alkyl halides is 1. The second-order valence-electron chi connectivity index (χ2n) is 8.56. The van der Waals surface area contributed by atoms with Crippen molar-refractivity contribution in [3.63, 3.8) is 0 Å². The normalized spacial score (nSPS) is 50.9. The van der Waals surface area contributed by atoms with Crippen molar-refractivity contribution in [3.05, 3.63) is 11.6 Å². The number of rotatable bonds is 0. The molecule has 0 saturated heterocycles. The third-order valence-electron chi connectivity index (χ3n) is 7.53. The predicted octanol–water partition coefficient (Wildman–Crippen LogP) is 2.33. The van der Waals surface area contributed by atoms with Gasteiger partial charge in [-0.05, 0) is 37.7 Å². The molecular formula is C19H23FO4. The van der Waals surface area contributed by atoms with Crippen LogP contribution < -0.4 is 0 Å². The second kappa shape index (κ2) is 4.63. The highest BCUT2D eigenvalue weighted by molar-refractivity contribution is 6.01. The predicted molar refractivity (Wildman–Crippen MR) is 83.8 cm³/mol. The van der Waals surface area contributed by atoms with E-state index in [0.29, 0.717) is 19.3 Å². The highest BCUT2D eigenvalue weighted by Crippen LogP contribution is 2.66. The van der Waals surface area contributed by atoms with Crippen molar-refractivity contribution in [2.75, 3.05) is 0 Å². The summed E-state index contributed by atoms with van der Waals surface area (Å²) in [5.41, 5.74) is -3.19. The lowest BCUT2D eigenvalue weighted by atomic mass is 9.45. The van der Waals surface area contributed by atoms with Crippen LogP contribution in [-0.2, 0) is 14.4 Å². The molecular weight excluding hydrogens is 311 g/mol. The van der Waals surface area contributed by atoms with Crippen molar-refractivity contribution in [1.29, 1.82) is 0 Å². The monoisotopic (exact) mass is 334 g/mol. The molecule has 0 radical (unpaired) electrons. The minimum absolute atomic E-state index is 0.00379. The number of halogens is 1. The number of Topliss-reactive ketones (excluding diaryl/α,β-unsaturated/α-hetero) is 2. The van der Waals surface area contributed by atoms with Gasteiger partial charge in [-0.2, -0.15) is 0 Å². The number of aliphatic hydroxyl groups is 1. The lowest BCUT2D eigenvalue weighted by molar-refractivity contribution is -0.172. The first-order valence-electron chi connectivity index (χ1n) is 8.83. The summed E-state index contributed by atoms with van der Waals surface area (Å²) in [6, 6.07) is 0. The maximum absolute atomic E-state index is 16.4. The van der Waals surface area contributed by atoms with Gasteiger partial charge in [-0.1, -0.05) is 19.4 Å². The van der Waals surface area contributed by atoms with E-state index in [1.807, 2.05) is 0 Å². The number of fused-ring (bicyclic) bond motifs is 5. The van der Waals surface area contributed by atoms with Crippen LogP contribution in [0.2, 0.25) is 0 Å². The summed E-state index contributed by atoms with van der Waals surface area (Å²) in [4.78, 5) is 37.1. The van der Waals surface area contributed by atoms with Gasteiger partial charge in [0.05, 0.1) is 0 Å². The molecule has 130 valence electrons. The molecule has 4 rings (SSSR count). The summed E-state index contributed by atoms with van der Waals surface area (Å²) in [6.45, 7) is 3.48. The van der Waals surface area contributed by atoms with E-state index in [0.717, 1.165) is 5.57 Å². The van der Waals surface area contributed by atoms with Gasteiger partial charge in [0.15, 0.2) is 23.0 Å². The molecule has 6 atom stereocenters. The second-order valence-corrected chi connectivity index (χ2v) is 8.56. The molecule has 0 aromatic carbocycles. The van der Waals surface area contributed by atoms with E-state index >= 15 is 4.39 Å². The Labute approximate surface area is 140 Å². The lowest BCUT2D eigenvalue weighted by Gasteiger charge is -2.58. The average Bonchev–Trinajstić information content (AvgIpc) is 2.74. The van der Waals surface area contributed by atoms with Gasteiger partial charge in [-0.3, -0.25) is 14.4 Å². The van der Waals surface area contributed by atoms with Crippen molar-refractivity contribution < 1.29 is 23.9 Å². The van der Waals surface area contributed by atoms with Gasteiger partial charge in [0, 0.05) is 29.6 Å². The standard InChI is InChI=1S/C19H23FO4/c1-17-9-15(23)19(20)12(13(17)8-14(22)16(17)24)4-3-10-7-11(21)5-6-18(10,19)2/h7,12-14,22H,3-6,8-9H2,1-2H3/t12-,13-,14+,17-,18-,19-/m0/s1. The maximum atomic E-state index is 16.4. The fraction of sp³-hybridized carbons (Fsp3) is 0.737. The topological polar surface area (TPSA) is 71.4 Å². The number of hydrogen-bond acceptors (Lipinski definition) is 4. The number of carbonyl (C=O) groups excluding carboxylic acids is 3. The molecule has 0 aromatic heterocycles. The Bertz CT molecular complexity index is 697. The zero-order valence-corrected chi connectivity index (χ0v) is 14.1. The molecule has 0 spiro atoms. The van der Waals surface area contributed by atoms with Crippen LogP contribution in [0.1, 0.15) is 52.4 Å². The lowest BCUT2D eigenvalue weighted by Crippen LogP contribution is -2.65. The molecule has 0 amide bonds. The van der Waals surface area contributed by atoms with Crippen LogP contribution in [0.25, 0.3) is 0 Å². The first-order valence-corrected chi connectivity index (χ1v) is 8.83. The van der Waals surface area contributed by atoms with E-state index in [-0.39, 0.29) is 36.7 Å². The van der Waals surface area contributed by atoms with Gasteiger partial charge in [0.2, 0.25) is 0 Å². The fourth-order valence-corrected chi connectivity index (χ4v) is 6.09. The molecule has 0 heterocycles. The number of aliphatic hydroxyl groups excluding tert-OH is 1. The Morgan fingerprint density at radius 1 is 1.17 bits per heavy atom. The summed E-state index contributed by atoms with van der Waals surface area (Å²) < 4.78 is 16.4. The Morgan fingerprint density at radius 2 is 1.88 bits per heavy atom. The van der Waals surface area contributed by atoms with Gasteiger partial charge in [0.1, 0.15) is 6.10 Å². The Kier molecular flexibility index (Phi) is 3.11. The van der Waals surface area contributed by atoms with Crippen molar-refractivity contribution in [1.82, 2.24) is 0 Å². The minimum Gasteiger partial charge on any atom is -0.385 e. The Hall–Kier alpha value is -1.36. The van der Waals surface area contributed by atoms with E-state index in [9.17, 15) is 19.5 Å². The summed E-state index contributed by atoms with van der Waals surface area (Å²) >= 11 is 0. The summed E-state index contributed by atoms with van der Waals surface area (Å²) in [5.74, 6) is -1.69. The number of carbonyl (C=O) groups is 3. The van der Waals surface area contributed by atoms with Crippen molar-refractivity contribution in [2.24, 2.45) is 22.7 Å². The molecule has 3 fully saturated rings. The van der Waals surface area contributed by atoms with Crippen LogP contribution in [-0.4, -0.2) is 34.2 Å². The quantitative estimate of drug-likeness (QED) is 0.738. The third kappa shape index (κ3) is 1.64. The highest BCUT2D eigenvalue weighted by atomic mass is 19.1. The molecule has 5 heteroatoms. The van der Waals surface area contributed by atoms with Crippen molar-refractivity contribution in [2.45, 2.75) is 64.1 Å². The highest BCUT2D eigenvalue weighted by Gasteiger charge is 2.72. The molecule has 4 aliphatic carbocycles. The van der Waals surface area contributed by atoms with Crippen molar-refractivity contribution >= 4 is 17.3 Å². The number of hydrogen-bond donors (Lipinski definition) is 1. The van der Waals surface area contributed by atoms with E-state index in [1.165, 1.54) is 6.08 Å². The van der Waals surface area contributed by atoms with Gasteiger partial charge >= 0.3 is 0 Å². The van der Waals surface area contributed by atoms with E-state index in [2.05, 4.69) is 0 Å². The maximum Gasteiger partial charge on any atom is 0.180 e. The first-order chi connectivity index (χ1) is 11.1. The van der Waals surface area contributed by atoms with Crippen LogP contribution in [0.4, 0.5) is 4.39 Å². The molecule has 0 unspecified atom stereocenters. The number of ketones is 3. The summed E-state index contributed by atoms with van der Waals surface area (Å²) in [5, 5.41) is 10.0. The summed E-state index contributed by atoms with van der Waals surface area (Å²) in [7, 11) is 0. The molecule has 4 nitrogen and oxygen atoms in total. The fourth-order valence-electron chi connectivity index (χ4n) is 6.09. The average molecular weight is 334 g/mol. The molecule has 4 aliphatic rings. The first kappa shape index (κ1) is 16.1. The molecule has 0 aromatic rings. The van der Waals surface area contributed by atoms with Crippen LogP contribution >= 0.6 is 0 Å². The molecule has 1 N–H and O–H groups in total. The molecule has 0 aliphatic heterocycles. The van der Waals surface area contributed by atoms with Gasteiger partial charge < -0.3 is 5.11 Å². The van der Waals surface area contributed by atoms with E-state index in [4.69, 9.17) is 0 Å². The third-order valence-corrected chi connectivity index (χ3v) is 7.53. The van der Waals surface area contributed by atoms with Crippen LogP contribution in [0.15, 0.2) is 11.6 Å². The smallest absolute Gasteiger partial charge is 0.180 e. The number of allylic oxidation sites excluding steroid dienone is 1. The van der Waals surface area contributed by atoms with E-state index in [1.54, 1.807) is 13.8 Å². The molecule has 24 heavy (non-hydrogen) atoms. The summed E-state index contributed by atoms with van der Waals surface area (Å²) in [6.07, 6.45) is 2.19. The minimum atomic E-state index is -2.04. The van der Waals surface area contributed by atoms with Crippen LogP contribution in [0.3, 0.4) is 0 Å². The molecule has 3 saturated carbocycles. The molecule has 0 bridgehead atoms. The zero-order chi connectivity index (χ0) is 17.5. The van der Waals surface area contributed by atoms with Crippen molar-refractivity contribution in [3.8, 4) is 0 Å². The van der Waals surface area contributed by atoms with Gasteiger partial charge in [-0.15, -0.1) is 0 Å². The zero-order valence-electron chi connectivity index (χ0n) is 14.1. The van der Waals surface area contributed by atoms with Gasteiger partial charge in [-0.25, -0.2) is 4.39 Å².